The van der Waals surface area contributed by atoms with Crippen molar-refractivity contribution in [2.45, 2.75) is 10.8 Å². The third-order valence-electron chi connectivity index (χ3n) is 4.98. The van der Waals surface area contributed by atoms with Crippen LogP contribution in [-0.4, -0.2) is 12.1 Å². The number of methoxy groups -OCH3 is 1. The van der Waals surface area contributed by atoms with Crippen molar-refractivity contribution in [1.82, 2.24) is 4.98 Å². The van der Waals surface area contributed by atoms with Crippen LogP contribution in [0, 0.1) is 11.3 Å². The molecule has 158 valence electrons. The fourth-order valence-corrected chi connectivity index (χ4v) is 5.04. The molecule has 32 heavy (non-hydrogen) atoms. The third-order valence-corrected chi connectivity index (χ3v) is 6.69. The minimum absolute atomic E-state index is 0.500. The van der Waals surface area contributed by atoms with Gasteiger partial charge in [-0.3, -0.25) is 0 Å². The Labute approximate surface area is 201 Å². The van der Waals surface area contributed by atoms with Gasteiger partial charge in [-0.1, -0.05) is 71.7 Å². The van der Waals surface area contributed by atoms with Gasteiger partial charge in [-0.2, -0.15) is 5.26 Å². The number of nitrogens with zero attached hydrogens (tertiary/aromatic N) is 2. The van der Waals surface area contributed by atoms with E-state index in [1.165, 1.54) is 11.8 Å². The lowest BCUT2D eigenvalue weighted by molar-refractivity contribution is 0.415. The highest BCUT2D eigenvalue weighted by atomic mass is 35.5. The molecule has 0 aliphatic rings. The lowest BCUT2D eigenvalue weighted by Crippen LogP contribution is -1.97. The number of nitriles is 1. The first-order valence-electron chi connectivity index (χ1n) is 9.81. The number of rotatable bonds is 6. The topological polar surface area (TPSA) is 45.9 Å². The number of benzene rings is 3. The number of pyridine rings is 1. The van der Waals surface area contributed by atoms with E-state index >= 15 is 0 Å². The maximum atomic E-state index is 10.0. The first-order chi connectivity index (χ1) is 15.6. The molecule has 0 amide bonds. The summed E-state index contributed by atoms with van der Waals surface area (Å²) in [6, 6.07) is 27.3. The molecule has 0 spiro atoms. The maximum absolute atomic E-state index is 10.0. The molecule has 0 aliphatic heterocycles. The van der Waals surface area contributed by atoms with E-state index in [2.05, 4.69) is 6.07 Å². The molecule has 6 heteroatoms. The second-order valence-electron chi connectivity index (χ2n) is 6.93. The van der Waals surface area contributed by atoms with Gasteiger partial charge >= 0.3 is 0 Å². The van der Waals surface area contributed by atoms with E-state index in [0.717, 1.165) is 33.7 Å². The molecule has 0 saturated heterocycles. The molecule has 4 rings (SSSR count). The second-order valence-corrected chi connectivity index (χ2v) is 8.71. The van der Waals surface area contributed by atoms with Crippen LogP contribution in [0.1, 0.15) is 11.1 Å². The molecule has 1 heterocycles. The van der Waals surface area contributed by atoms with Crippen molar-refractivity contribution in [2.24, 2.45) is 0 Å². The fourth-order valence-electron chi connectivity index (χ4n) is 3.30. The quantitative estimate of drug-likeness (QED) is 0.265. The predicted octanol–water partition coefficient (Wildman–Crippen LogP) is 7.89. The Balaban J connectivity index is 1.83. The summed E-state index contributed by atoms with van der Waals surface area (Å²) >= 11 is 14.2. The van der Waals surface area contributed by atoms with Crippen LogP contribution in [0.3, 0.4) is 0 Å². The number of hydrogen-bond acceptors (Lipinski definition) is 4. The number of ether oxygens (including phenoxy) is 1. The van der Waals surface area contributed by atoms with Gasteiger partial charge in [-0.25, -0.2) is 4.98 Å². The molecule has 0 atom stereocenters. The summed E-state index contributed by atoms with van der Waals surface area (Å²) in [6.07, 6.45) is 0. The number of halogens is 2. The largest absolute Gasteiger partial charge is 0.497 e. The first kappa shape index (κ1) is 22.2. The molecule has 0 fully saturated rings. The SMILES string of the molecule is COc1ccc(-c2cc(-c3ccccc3)nc(SCc3c(Cl)cccc3Cl)c2C#N)cc1. The van der Waals surface area contributed by atoms with Gasteiger partial charge in [-0.05, 0) is 41.5 Å². The number of thioether (sulfide) groups is 1. The summed E-state index contributed by atoms with van der Waals surface area (Å²) < 4.78 is 5.28. The van der Waals surface area contributed by atoms with Gasteiger partial charge in [0.1, 0.15) is 16.8 Å². The zero-order chi connectivity index (χ0) is 22.5. The second kappa shape index (κ2) is 10.1. The minimum Gasteiger partial charge on any atom is -0.497 e. The van der Waals surface area contributed by atoms with Crippen molar-refractivity contribution < 1.29 is 4.74 Å². The van der Waals surface area contributed by atoms with E-state index in [1.54, 1.807) is 7.11 Å². The van der Waals surface area contributed by atoms with Gasteiger partial charge in [-0.15, -0.1) is 11.8 Å². The lowest BCUT2D eigenvalue weighted by atomic mass is 9.99. The zero-order valence-electron chi connectivity index (χ0n) is 17.2. The zero-order valence-corrected chi connectivity index (χ0v) is 19.5. The van der Waals surface area contributed by atoms with Crippen LogP contribution in [-0.2, 0) is 5.75 Å². The molecule has 3 nitrogen and oxygen atoms in total. The van der Waals surface area contributed by atoms with Crippen LogP contribution in [0.5, 0.6) is 5.75 Å². The summed E-state index contributed by atoms with van der Waals surface area (Å²) in [4.78, 5) is 4.84. The lowest BCUT2D eigenvalue weighted by Gasteiger charge is -2.14. The highest BCUT2D eigenvalue weighted by molar-refractivity contribution is 7.98. The summed E-state index contributed by atoms with van der Waals surface area (Å²) in [5.74, 6) is 1.26. The monoisotopic (exact) mass is 476 g/mol. The molecule has 1 aromatic heterocycles. The van der Waals surface area contributed by atoms with Gasteiger partial charge in [0.2, 0.25) is 0 Å². The Kier molecular flexibility index (Phi) is 7.02. The van der Waals surface area contributed by atoms with Crippen molar-refractivity contribution in [3.63, 3.8) is 0 Å². The number of aromatic nitrogens is 1. The average Bonchev–Trinajstić information content (AvgIpc) is 2.84. The number of hydrogen-bond donors (Lipinski definition) is 0. The third kappa shape index (κ3) is 4.76. The molecule has 0 bridgehead atoms. The van der Waals surface area contributed by atoms with Gasteiger partial charge in [0.15, 0.2) is 0 Å². The van der Waals surface area contributed by atoms with Gasteiger partial charge < -0.3 is 4.74 Å². The van der Waals surface area contributed by atoms with E-state index in [4.69, 9.17) is 32.9 Å². The van der Waals surface area contributed by atoms with Crippen molar-refractivity contribution in [1.29, 1.82) is 5.26 Å². The van der Waals surface area contributed by atoms with Crippen LogP contribution in [0.15, 0.2) is 83.9 Å². The van der Waals surface area contributed by atoms with Crippen LogP contribution in [0.2, 0.25) is 10.0 Å². The molecule has 0 unspecified atom stereocenters. The fraction of sp³-hybridized carbons (Fsp3) is 0.0769. The molecular formula is C26H18Cl2N2OS. The highest BCUT2D eigenvalue weighted by Crippen LogP contribution is 2.37. The van der Waals surface area contributed by atoms with E-state index in [1.807, 2.05) is 78.9 Å². The maximum Gasteiger partial charge on any atom is 0.118 e. The Morgan fingerprint density at radius 3 is 2.22 bits per heavy atom. The van der Waals surface area contributed by atoms with Crippen molar-refractivity contribution in [3.05, 3.63) is 100 Å². The van der Waals surface area contributed by atoms with Gasteiger partial charge in [0.25, 0.3) is 0 Å². The first-order valence-corrected chi connectivity index (χ1v) is 11.6. The van der Waals surface area contributed by atoms with Crippen LogP contribution in [0.25, 0.3) is 22.4 Å². The Morgan fingerprint density at radius 2 is 1.59 bits per heavy atom. The predicted molar refractivity (Wildman–Crippen MR) is 132 cm³/mol. The van der Waals surface area contributed by atoms with Crippen LogP contribution in [0.4, 0.5) is 0 Å². The molecule has 0 N–H and O–H groups in total. The smallest absolute Gasteiger partial charge is 0.118 e. The van der Waals surface area contributed by atoms with Crippen molar-refractivity contribution in [2.75, 3.05) is 7.11 Å². The summed E-state index contributed by atoms with van der Waals surface area (Å²) in [6.45, 7) is 0. The molecule has 0 saturated carbocycles. The Bertz CT molecular complexity index is 1270. The van der Waals surface area contributed by atoms with E-state index < -0.39 is 0 Å². The molecule has 4 aromatic rings. The Hall–Kier alpha value is -2.97. The molecule has 3 aromatic carbocycles. The average molecular weight is 477 g/mol. The molecule has 0 radical (unpaired) electrons. The van der Waals surface area contributed by atoms with E-state index in [0.29, 0.717) is 26.4 Å². The van der Waals surface area contributed by atoms with Gasteiger partial charge in [0.05, 0.1) is 18.4 Å². The molecule has 0 aliphatic carbocycles. The summed E-state index contributed by atoms with van der Waals surface area (Å²) in [5.41, 5.74) is 4.84. The minimum atomic E-state index is 0.500. The van der Waals surface area contributed by atoms with E-state index in [9.17, 15) is 5.26 Å². The Morgan fingerprint density at radius 1 is 0.906 bits per heavy atom. The van der Waals surface area contributed by atoms with Crippen LogP contribution < -0.4 is 4.74 Å². The standard InChI is InChI=1S/C26H18Cl2N2OS/c1-31-19-12-10-17(11-13-19)20-14-25(18-6-3-2-4-7-18)30-26(21(20)15-29)32-16-22-23(27)8-5-9-24(22)28/h2-14H,16H2,1H3. The normalized spacial score (nSPS) is 10.6. The molecular weight excluding hydrogens is 459 g/mol. The summed E-state index contributed by atoms with van der Waals surface area (Å²) in [7, 11) is 1.63. The van der Waals surface area contributed by atoms with Crippen LogP contribution >= 0.6 is 35.0 Å². The van der Waals surface area contributed by atoms with Crippen molar-refractivity contribution >= 4 is 35.0 Å². The van der Waals surface area contributed by atoms with Gasteiger partial charge in [0, 0.05) is 26.9 Å². The van der Waals surface area contributed by atoms with E-state index in [-0.39, 0.29) is 0 Å². The summed E-state index contributed by atoms with van der Waals surface area (Å²) in [5, 5.41) is 11.9. The van der Waals surface area contributed by atoms with Crippen molar-refractivity contribution in [3.8, 4) is 34.2 Å². The highest BCUT2D eigenvalue weighted by Gasteiger charge is 2.17.